The van der Waals surface area contributed by atoms with Crippen molar-refractivity contribution in [1.82, 2.24) is 0 Å². The molecule has 92 valence electrons. The highest BCUT2D eigenvalue weighted by Gasteiger charge is 2.20. The second-order valence-electron chi connectivity index (χ2n) is 3.66. The second-order valence-corrected chi connectivity index (χ2v) is 4.08. The van der Waals surface area contributed by atoms with Crippen molar-refractivity contribution in [2.24, 2.45) is 0 Å². The Morgan fingerprint density at radius 3 is 2.38 bits per heavy atom. The van der Waals surface area contributed by atoms with E-state index in [1.165, 1.54) is 13.3 Å². The molecule has 0 aromatic rings. The van der Waals surface area contributed by atoms with Gasteiger partial charge in [-0.3, -0.25) is 4.79 Å². The van der Waals surface area contributed by atoms with Gasteiger partial charge in [-0.2, -0.15) is 0 Å². The van der Waals surface area contributed by atoms with Gasteiger partial charge >= 0.3 is 12.1 Å². The fraction of sp³-hybridized carbons (Fsp3) is 0.800. The van der Waals surface area contributed by atoms with Crippen LogP contribution in [0.3, 0.4) is 0 Å². The van der Waals surface area contributed by atoms with Crippen molar-refractivity contribution < 1.29 is 23.8 Å². The van der Waals surface area contributed by atoms with E-state index in [0.717, 1.165) is 25.7 Å². The quantitative estimate of drug-likeness (QED) is 0.471. The molecule has 0 saturated heterocycles. The van der Waals surface area contributed by atoms with E-state index in [1.807, 2.05) is 0 Å². The summed E-state index contributed by atoms with van der Waals surface area (Å²) in [5.74, 6) is -0.564. The summed E-state index contributed by atoms with van der Waals surface area (Å²) in [6.07, 6.45) is 4.10. The molecule has 0 amide bonds. The number of carbonyl (C=O) groups excluding carboxylic acids is 2. The number of hydrogen-bond acceptors (Lipinski definition) is 6. The first kappa shape index (κ1) is 13.2. The average Bonchev–Trinajstić information content (AvgIpc) is 2.17. The van der Waals surface area contributed by atoms with Gasteiger partial charge in [-0.25, -0.2) is 4.79 Å². The average molecular weight is 248 g/mol. The second kappa shape index (κ2) is 6.62. The molecule has 6 heteroatoms. The van der Waals surface area contributed by atoms with Crippen LogP contribution in [-0.4, -0.2) is 23.9 Å². The summed E-state index contributed by atoms with van der Waals surface area (Å²) in [7, 11) is 0. The summed E-state index contributed by atoms with van der Waals surface area (Å²) in [6.45, 7) is 1.21. The van der Waals surface area contributed by atoms with Crippen molar-refractivity contribution in [1.29, 1.82) is 0 Å². The van der Waals surface area contributed by atoms with E-state index < -0.39 is 17.7 Å². The van der Waals surface area contributed by atoms with Gasteiger partial charge < -0.3 is 14.2 Å². The molecule has 1 aliphatic carbocycles. The minimum atomic E-state index is -1.20. The molecule has 0 aromatic heterocycles. The minimum absolute atomic E-state index is 0.0842. The maximum absolute atomic E-state index is 11.2. The van der Waals surface area contributed by atoms with Gasteiger partial charge in [-0.05, 0) is 25.7 Å². The van der Waals surface area contributed by atoms with Crippen LogP contribution < -0.4 is 0 Å². The van der Waals surface area contributed by atoms with Crippen LogP contribution in [0.15, 0.2) is 0 Å². The maximum atomic E-state index is 11.2. The van der Waals surface area contributed by atoms with E-state index >= 15 is 0 Å². The summed E-state index contributed by atoms with van der Waals surface area (Å²) in [5.41, 5.74) is -1.20. The van der Waals surface area contributed by atoms with E-state index in [9.17, 15) is 9.59 Å². The van der Waals surface area contributed by atoms with Crippen LogP contribution in [0.1, 0.15) is 39.0 Å². The monoisotopic (exact) mass is 248 g/mol. The SMILES string of the molecule is CC(=O)OC(S)OC(=O)OC1CCCCC1. The molecule has 0 spiro atoms. The molecular weight excluding hydrogens is 232 g/mol. The zero-order valence-electron chi connectivity index (χ0n) is 9.18. The smallest absolute Gasteiger partial charge is 0.431 e. The molecule has 16 heavy (non-hydrogen) atoms. The Morgan fingerprint density at radius 2 is 1.81 bits per heavy atom. The van der Waals surface area contributed by atoms with Gasteiger partial charge in [0.05, 0.1) is 0 Å². The van der Waals surface area contributed by atoms with Crippen LogP contribution in [0, 0.1) is 0 Å². The molecule has 0 radical (unpaired) electrons. The van der Waals surface area contributed by atoms with E-state index in [1.54, 1.807) is 0 Å². The van der Waals surface area contributed by atoms with Crippen LogP contribution in [0.4, 0.5) is 4.79 Å². The Balaban J connectivity index is 2.21. The number of hydrogen-bond donors (Lipinski definition) is 1. The number of rotatable bonds is 3. The van der Waals surface area contributed by atoms with Crippen molar-refractivity contribution in [2.45, 2.75) is 50.8 Å². The fourth-order valence-electron chi connectivity index (χ4n) is 1.60. The molecule has 0 aliphatic heterocycles. The molecular formula is C10H16O5S. The molecule has 5 nitrogen and oxygen atoms in total. The summed E-state index contributed by atoms with van der Waals surface area (Å²) < 4.78 is 14.2. The Hall–Kier alpha value is -0.910. The summed E-state index contributed by atoms with van der Waals surface area (Å²) >= 11 is 3.76. The first-order valence-corrected chi connectivity index (χ1v) is 5.82. The van der Waals surface area contributed by atoms with Crippen molar-refractivity contribution in [3.8, 4) is 0 Å². The molecule has 1 unspecified atom stereocenters. The van der Waals surface area contributed by atoms with Gasteiger partial charge in [-0.15, -0.1) is 0 Å². The third-order valence-electron chi connectivity index (χ3n) is 2.28. The Labute approximate surface area is 99.8 Å². The lowest BCUT2D eigenvalue weighted by atomic mass is 9.98. The molecule has 1 atom stereocenters. The number of esters is 1. The molecule has 0 heterocycles. The number of thiol groups is 1. The highest BCUT2D eigenvalue weighted by molar-refractivity contribution is 7.80. The molecule has 0 N–H and O–H groups in total. The Morgan fingerprint density at radius 1 is 1.19 bits per heavy atom. The molecule has 1 saturated carbocycles. The molecule has 1 aliphatic rings. The standard InChI is InChI=1S/C10H16O5S/c1-7(11)13-10(16)15-9(12)14-8-5-3-2-4-6-8/h8,10,16H,2-6H2,1H3. The zero-order valence-corrected chi connectivity index (χ0v) is 10.1. The maximum Gasteiger partial charge on any atom is 0.512 e. The fourth-order valence-corrected chi connectivity index (χ4v) is 1.83. The molecule has 0 aromatic carbocycles. The summed E-state index contributed by atoms with van der Waals surface area (Å²) in [5, 5.41) is 0. The van der Waals surface area contributed by atoms with Crippen LogP contribution >= 0.6 is 12.6 Å². The number of ether oxygens (including phenoxy) is 3. The lowest BCUT2D eigenvalue weighted by Gasteiger charge is -2.22. The molecule has 1 rings (SSSR count). The van der Waals surface area contributed by atoms with Crippen LogP contribution in [0.5, 0.6) is 0 Å². The van der Waals surface area contributed by atoms with E-state index in [-0.39, 0.29) is 6.10 Å². The van der Waals surface area contributed by atoms with Crippen molar-refractivity contribution in [3.63, 3.8) is 0 Å². The first-order chi connectivity index (χ1) is 7.58. The normalized spacial score (nSPS) is 18.6. The largest absolute Gasteiger partial charge is 0.512 e. The van der Waals surface area contributed by atoms with Gasteiger partial charge in [0.25, 0.3) is 5.62 Å². The van der Waals surface area contributed by atoms with Crippen LogP contribution in [0.25, 0.3) is 0 Å². The third kappa shape index (κ3) is 5.25. The van der Waals surface area contributed by atoms with Crippen molar-refractivity contribution in [3.05, 3.63) is 0 Å². The van der Waals surface area contributed by atoms with E-state index in [2.05, 4.69) is 22.1 Å². The lowest BCUT2D eigenvalue weighted by molar-refractivity contribution is -0.155. The van der Waals surface area contributed by atoms with Gasteiger partial charge in [0, 0.05) is 6.92 Å². The van der Waals surface area contributed by atoms with Crippen molar-refractivity contribution in [2.75, 3.05) is 0 Å². The number of carbonyl (C=O) groups is 2. The zero-order chi connectivity index (χ0) is 12.0. The third-order valence-corrected chi connectivity index (χ3v) is 2.49. The topological polar surface area (TPSA) is 61.8 Å². The minimum Gasteiger partial charge on any atom is -0.431 e. The van der Waals surface area contributed by atoms with E-state index in [0.29, 0.717) is 0 Å². The molecule has 1 fully saturated rings. The van der Waals surface area contributed by atoms with Gasteiger partial charge in [0.15, 0.2) is 0 Å². The Bertz CT molecular complexity index is 250. The van der Waals surface area contributed by atoms with E-state index in [4.69, 9.17) is 4.74 Å². The lowest BCUT2D eigenvalue weighted by Crippen LogP contribution is -2.25. The summed E-state index contributed by atoms with van der Waals surface area (Å²) in [6, 6.07) is 0. The highest BCUT2D eigenvalue weighted by atomic mass is 32.1. The van der Waals surface area contributed by atoms with Crippen LogP contribution in [-0.2, 0) is 19.0 Å². The van der Waals surface area contributed by atoms with Gasteiger partial charge in [0.2, 0.25) is 0 Å². The molecule has 0 bridgehead atoms. The first-order valence-electron chi connectivity index (χ1n) is 5.30. The van der Waals surface area contributed by atoms with Crippen LogP contribution in [0.2, 0.25) is 0 Å². The predicted octanol–water partition coefficient (Wildman–Crippen LogP) is 2.25. The highest BCUT2D eigenvalue weighted by Crippen LogP contribution is 2.21. The summed E-state index contributed by atoms with van der Waals surface area (Å²) in [4.78, 5) is 21.7. The van der Waals surface area contributed by atoms with Gasteiger partial charge in [0.1, 0.15) is 6.10 Å². The van der Waals surface area contributed by atoms with Crippen molar-refractivity contribution >= 4 is 24.8 Å². The Kier molecular flexibility index (Phi) is 5.45. The predicted molar refractivity (Wildman–Crippen MR) is 59.0 cm³/mol. The van der Waals surface area contributed by atoms with Gasteiger partial charge in [-0.1, -0.05) is 19.0 Å².